The first kappa shape index (κ1) is 13.5. The van der Waals surface area contributed by atoms with Crippen molar-refractivity contribution >= 4 is 37.3 Å². The monoisotopic (exact) mass is 338 g/mol. The molecule has 4 nitrogen and oxygen atoms in total. The zero-order valence-electron chi connectivity index (χ0n) is 9.57. The fourth-order valence-corrected chi connectivity index (χ4v) is 6.06. The summed E-state index contributed by atoms with van der Waals surface area (Å²) in [6, 6.07) is 1.76. The summed E-state index contributed by atoms with van der Waals surface area (Å²) in [5, 5.41) is 3.03. The summed E-state index contributed by atoms with van der Waals surface area (Å²) in [4.78, 5) is 1.44. The molecule has 0 radical (unpaired) electrons. The molecular formula is C10H15BrN2O2S2. The van der Waals surface area contributed by atoms with E-state index in [4.69, 9.17) is 0 Å². The Morgan fingerprint density at radius 1 is 1.47 bits per heavy atom. The quantitative estimate of drug-likeness (QED) is 0.913. The molecule has 0 unspecified atom stereocenters. The lowest BCUT2D eigenvalue weighted by Gasteiger charge is -2.14. The molecule has 0 spiro atoms. The molecular weight excluding hydrogens is 324 g/mol. The maximum absolute atomic E-state index is 12.4. The van der Waals surface area contributed by atoms with Crippen LogP contribution in [0.4, 0.5) is 0 Å². The van der Waals surface area contributed by atoms with Crippen LogP contribution in [0.1, 0.15) is 17.7 Å². The van der Waals surface area contributed by atoms with Gasteiger partial charge in [0, 0.05) is 24.5 Å². The molecule has 1 N–H and O–H groups in total. The van der Waals surface area contributed by atoms with Gasteiger partial charge < -0.3 is 5.32 Å². The lowest BCUT2D eigenvalue weighted by Crippen LogP contribution is -2.27. The van der Waals surface area contributed by atoms with Crippen LogP contribution in [0.2, 0.25) is 0 Å². The Kier molecular flexibility index (Phi) is 4.25. The molecule has 96 valence electrons. The van der Waals surface area contributed by atoms with Gasteiger partial charge in [0.2, 0.25) is 10.0 Å². The average molecular weight is 339 g/mol. The van der Waals surface area contributed by atoms with Crippen molar-refractivity contribution in [2.24, 2.45) is 0 Å². The summed E-state index contributed by atoms with van der Waals surface area (Å²) in [7, 11) is -1.45. The van der Waals surface area contributed by atoms with E-state index < -0.39 is 10.0 Å². The molecule has 7 heteroatoms. The summed E-state index contributed by atoms with van der Waals surface area (Å²) in [6.07, 6.45) is 1.93. The van der Waals surface area contributed by atoms with E-state index in [9.17, 15) is 8.42 Å². The van der Waals surface area contributed by atoms with Crippen molar-refractivity contribution < 1.29 is 8.42 Å². The van der Waals surface area contributed by atoms with Gasteiger partial charge in [0.15, 0.2) is 0 Å². The Balaban J connectivity index is 2.32. The maximum atomic E-state index is 12.4. The molecule has 0 amide bonds. The van der Waals surface area contributed by atoms with E-state index in [2.05, 4.69) is 21.2 Å². The van der Waals surface area contributed by atoms with E-state index >= 15 is 0 Å². The van der Waals surface area contributed by atoms with Gasteiger partial charge in [-0.1, -0.05) is 0 Å². The van der Waals surface area contributed by atoms with Gasteiger partial charge in [0.25, 0.3) is 0 Å². The van der Waals surface area contributed by atoms with Crippen molar-refractivity contribution in [3.63, 3.8) is 0 Å². The van der Waals surface area contributed by atoms with Crippen molar-refractivity contribution in [2.45, 2.75) is 24.3 Å². The molecule has 0 aliphatic carbocycles. The molecule has 0 atom stereocenters. The van der Waals surface area contributed by atoms with Gasteiger partial charge in [0.05, 0.1) is 3.79 Å². The van der Waals surface area contributed by atoms with E-state index in [1.807, 2.05) is 7.05 Å². The van der Waals surface area contributed by atoms with Crippen LogP contribution in [0.3, 0.4) is 0 Å². The lowest BCUT2D eigenvalue weighted by molar-refractivity contribution is 0.477. The van der Waals surface area contributed by atoms with Crippen LogP contribution in [0.25, 0.3) is 0 Å². The summed E-state index contributed by atoms with van der Waals surface area (Å²) in [6.45, 7) is 1.98. The van der Waals surface area contributed by atoms with Gasteiger partial charge in [-0.15, -0.1) is 11.3 Å². The highest BCUT2D eigenvalue weighted by atomic mass is 79.9. The topological polar surface area (TPSA) is 49.4 Å². The van der Waals surface area contributed by atoms with Crippen LogP contribution in [-0.2, 0) is 16.6 Å². The predicted octanol–water partition coefficient (Wildman–Crippen LogP) is 2.01. The Hall–Kier alpha value is 0.0500. The van der Waals surface area contributed by atoms with Crippen LogP contribution < -0.4 is 5.32 Å². The molecule has 1 fully saturated rings. The SMILES string of the molecule is CNCc1cc(S(=O)(=O)N2CCCC2)c(Br)s1. The largest absolute Gasteiger partial charge is 0.315 e. The second-order valence-corrected chi connectivity index (χ2v) is 8.35. The number of rotatable bonds is 4. The highest BCUT2D eigenvalue weighted by Crippen LogP contribution is 2.34. The smallest absolute Gasteiger partial charge is 0.245 e. The van der Waals surface area contributed by atoms with E-state index in [0.29, 0.717) is 28.3 Å². The summed E-state index contributed by atoms with van der Waals surface area (Å²) in [5.74, 6) is 0. The molecule has 0 bridgehead atoms. The van der Waals surface area contributed by atoms with E-state index in [1.54, 1.807) is 10.4 Å². The Morgan fingerprint density at radius 3 is 2.71 bits per heavy atom. The first-order chi connectivity index (χ1) is 8.05. The van der Waals surface area contributed by atoms with Gasteiger partial charge >= 0.3 is 0 Å². The lowest BCUT2D eigenvalue weighted by atomic mass is 10.4. The average Bonchev–Trinajstić information content (AvgIpc) is 2.88. The van der Waals surface area contributed by atoms with Gasteiger partial charge in [-0.2, -0.15) is 4.31 Å². The molecule has 2 heterocycles. The van der Waals surface area contributed by atoms with E-state index in [0.717, 1.165) is 17.7 Å². The highest BCUT2D eigenvalue weighted by Gasteiger charge is 2.30. The molecule has 17 heavy (non-hydrogen) atoms. The molecule has 1 aliphatic heterocycles. The van der Waals surface area contributed by atoms with E-state index in [-0.39, 0.29) is 0 Å². The number of halogens is 1. The highest BCUT2D eigenvalue weighted by molar-refractivity contribution is 9.11. The van der Waals surface area contributed by atoms with E-state index in [1.165, 1.54) is 11.3 Å². The Bertz CT molecular complexity index is 492. The summed E-state index contributed by atoms with van der Waals surface area (Å²) in [5.41, 5.74) is 0. The zero-order valence-corrected chi connectivity index (χ0v) is 12.8. The molecule has 1 aromatic heterocycles. The number of hydrogen-bond acceptors (Lipinski definition) is 4. The second kappa shape index (κ2) is 5.36. The first-order valence-corrected chi connectivity index (χ1v) is 8.53. The molecule has 0 aromatic carbocycles. The molecule has 1 aliphatic rings. The maximum Gasteiger partial charge on any atom is 0.245 e. The third-order valence-electron chi connectivity index (χ3n) is 2.74. The van der Waals surface area contributed by atoms with Gasteiger partial charge in [0.1, 0.15) is 4.90 Å². The fraction of sp³-hybridized carbons (Fsp3) is 0.600. The Labute approximate surface area is 114 Å². The number of thiophene rings is 1. The van der Waals surface area contributed by atoms with Crippen LogP contribution in [0.5, 0.6) is 0 Å². The molecule has 0 saturated carbocycles. The van der Waals surface area contributed by atoms with Crippen LogP contribution in [0, 0.1) is 0 Å². The number of nitrogens with zero attached hydrogens (tertiary/aromatic N) is 1. The fourth-order valence-electron chi connectivity index (χ4n) is 1.90. The Morgan fingerprint density at radius 2 is 2.12 bits per heavy atom. The number of nitrogens with one attached hydrogen (secondary N) is 1. The first-order valence-electron chi connectivity index (χ1n) is 5.48. The van der Waals surface area contributed by atoms with Crippen molar-refractivity contribution in [1.82, 2.24) is 9.62 Å². The second-order valence-electron chi connectivity index (χ2n) is 3.99. The van der Waals surface area contributed by atoms with Gasteiger partial charge in [-0.3, -0.25) is 0 Å². The molecule has 1 saturated heterocycles. The zero-order chi connectivity index (χ0) is 12.5. The summed E-state index contributed by atoms with van der Waals surface area (Å²) < 4.78 is 27.0. The van der Waals surface area contributed by atoms with Crippen LogP contribution >= 0.6 is 27.3 Å². The summed E-state index contributed by atoms with van der Waals surface area (Å²) >= 11 is 4.83. The van der Waals surface area contributed by atoms with Crippen molar-refractivity contribution in [3.8, 4) is 0 Å². The minimum atomic E-state index is -3.30. The molecule has 1 aromatic rings. The minimum absolute atomic E-state index is 0.412. The predicted molar refractivity (Wildman–Crippen MR) is 72.8 cm³/mol. The van der Waals surface area contributed by atoms with Crippen molar-refractivity contribution in [2.75, 3.05) is 20.1 Å². The van der Waals surface area contributed by atoms with Crippen LogP contribution in [0.15, 0.2) is 14.7 Å². The normalized spacial score (nSPS) is 17.8. The van der Waals surface area contributed by atoms with Crippen molar-refractivity contribution in [1.29, 1.82) is 0 Å². The minimum Gasteiger partial charge on any atom is -0.315 e. The van der Waals surface area contributed by atoms with Gasteiger partial charge in [-0.25, -0.2) is 8.42 Å². The molecule has 2 rings (SSSR count). The third kappa shape index (κ3) is 2.73. The van der Waals surface area contributed by atoms with Gasteiger partial charge in [-0.05, 0) is 41.9 Å². The number of sulfonamides is 1. The number of hydrogen-bond donors (Lipinski definition) is 1. The third-order valence-corrected chi connectivity index (χ3v) is 6.89. The standard InChI is InChI=1S/C10H15BrN2O2S2/c1-12-7-8-6-9(10(11)16-8)17(14,15)13-4-2-3-5-13/h6,12H,2-5,7H2,1H3. The van der Waals surface area contributed by atoms with Crippen molar-refractivity contribution in [3.05, 3.63) is 14.7 Å². The van der Waals surface area contributed by atoms with Crippen LogP contribution in [-0.4, -0.2) is 32.9 Å².